The molecule has 0 bridgehead atoms. The summed E-state index contributed by atoms with van der Waals surface area (Å²) in [5.41, 5.74) is 0.0973. The Balaban J connectivity index is 1.97. The Bertz CT molecular complexity index is 592. The van der Waals surface area contributed by atoms with Crippen molar-refractivity contribution in [3.63, 3.8) is 0 Å². The summed E-state index contributed by atoms with van der Waals surface area (Å²) in [5.74, 6) is -0.607. The van der Waals surface area contributed by atoms with Gasteiger partial charge in [0, 0.05) is 30.0 Å². The highest BCUT2D eigenvalue weighted by Gasteiger charge is 2.26. The van der Waals surface area contributed by atoms with Crippen LogP contribution >= 0.6 is 15.9 Å². The Kier molecular flexibility index (Phi) is 6.16. The summed E-state index contributed by atoms with van der Waals surface area (Å²) in [6, 6.07) is 4.48. The van der Waals surface area contributed by atoms with Gasteiger partial charge in [-0.3, -0.25) is 9.59 Å². The highest BCUT2D eigenvalue weighted by atomic mass is 79.9. The summed E-state index contributed by atoms with van der Waals surface area (Å²) in [7, 11) is 0. The molecule has 126 valence electrons. The first-order valence-electron chi connectivity index (χ1n) is 7.90. The van der Waals surface area contributed by atoms with Crippen LogP contribution in [0.25, 0.3) is 0 Å². The minimum atomic E-state index is -0.514. The van der Waals surface area contributed by atoms with Gasteiger partial charge in [-0.15, -0.1) is 0 Å². The van der Waals surface area contributed by atoms with E-state index >= 15 is 0 Å². The van der Waals surface area contributed by atoms with E-state index in [4.69, 9.17) is 0 Å². The number of hydrogen-bond donors (Lipinski definition) is 1. The third-order valence-electron chi connectivity index (χ3n) is 4.06. The minimum absolute atomic E-state index is 0.0207. The van der Waals surface area contributed by atoms with Crippen LogP contribution in [-0.4, -0.2) is 36.3 Å². The maximum atomic E-state index is 14.0. The molecule has 1 unspecified atom stereocenters. The molecule has 1 saturated heterocycles. The van der Waals surface area contributed by atoms with Crippen molar-refractivity contribution >= 4 is 27.7 Å². The van der Waals surface area contributed by atoms with Crippen molar-refractivity contribution in [3.8, 4) is 0 Å². The molecule has 1 N–H and O–H groups in total. The van der Waals surface area contributed by atoms with Gasteiger partial charge in [0.1, 0.15) is 5.82 Å². The fourth-order valence-electron chi connectivity index (χ4n) is 2.70. The third kappa shape index (κ3) is 4.77. The van der Waals surface area contributed by atoms with Crippen molar-refractivity contribution in [1.82, 2.24) is 10.2 Å². The lowest BCUT2D eigenvalue weighted by atomic mass is 9.97. The minimum Gasteiger partial charge on any atom is -0.356 e. The number of halogens is 2. The Labute approximate surface area is 144 Å². The van der Waals surface area contributed by atoms with Gasteiger partial charge in [0.2, 0.25) is 5.91 Å². The zero-order chi connectivity index (χ0) is 17.0. The van der Waals surface area contributed by atoms with Gasteiger partial charge in [0.15, 0.2) is 0 Å². The van der Waals surface area contributed by atoms with E-state index in [9.17, 15) is 14.0 Å². The number of benzene rings is 1. The predicted octanol–water partition coefficient (Wildman–Crippen LogP) is 3.21. The number of carbonyl (C=O) groups excluding carboxylic acids is 2. The van der Waals surface area contributed by atoms with Crippen molar-refractivity contribution in [3.05, 3.63) is 34.1 Å². The van der Waals surface area contributed by atoms with E-state index < -0.39 is 5.82 Å². The molecular formula is C17H22BrFN2O2. The van der Waals surface area contributed by atoms with Gasteiger partial charge >= 0.3 is 0 Å². The zero-order valence-electron chi connectivity index (χ0n) is 13.4. The lowest BCUT2D eigenvalue weighted by Gasteiger charge is -2.33. The molecule has 6 heteroatoms. The average molecular weight is 385 g/mol. The molecule has 23 heavy (non-hydrogen) atoms. The van der Waals surface area contributed by atoms with Crippen molar-refractivity contribution in [2.24, 2.45) is 11.8 Å². The van der Waals surface area contributed by atoms with Gasteiger partial charge in [-0.1, -0.05) is 29.8 Å². The first-order valence-corrected chi connectivity index (χ1v) is 8.69. The number of nitrogens with zero attached hydrogens (tertiary/aromatic N) is 1. The summed E-state index contributed by atoms with van der Waals surface area (Å²) in [6.07, 6.45) is 1.83. The van der Waals surface area contributed by atoms with Crippen LogP contribution in [0.5, 0.6) is 0 Å². The summed E-state index contributed by atoms with van der Waals surface area (Å²) < 4.78 is 14.6. The number of nitrogens with one attached hydrogen (secondary N) is 1. The van der Waals surface area contributed by atoms with Gasteiger partial charge in [-0.2, -0.15) is 0 Å². The molecule has 0 aliphatic carbocycles. The van der Waals surface area contributed by atoms with Crippen molar-refractivity contribution in [2.75, 3.05) is 19.6 Å². The van der Waals surface area contributed by atoms with E-state index in [1.54, 1.807) is 11.0 Å². The Morgan fingerprint density at radius 1 is 1.43 bits per heavy atom. The number of hydrogen-bond acceptors (Lipinski definition) is 2. The van der Waals surface area contributed by atoms with Crippen LogP contribution in [0.15, 0.2) is 22.7 Å². The summed E-state index contributed by atoms with van der Waals surface area (Å²) in [5, 5.41) is 2.91. The largest absolute Gasteiger partial charge is 0.356 e. The highest BCUT2D eigenvalue weighted by molar-refractivity contribution is 9.10. The van der Waals surface area contributed by atoms with Crippen molar-refractivity contribution in [1.29, 1.82) is 0 Å². The van der Waals surface area contributed by atoms with Gasteiger partial charge < -0.3 is 10.2 Å². The maximum absolute atomic E-state index is 14.0. The van der Waals surface area contributed by atoms with E-state index in [-0.39, 0.29) is 29.2 Å². The molecule has 1 heterocycles. The van der Waals surface area contributed by atoms with Gasteiger partial charge in [0.25, 0.3) is 5.91 Å². The normalized spacial score (nSPS) is 18.1. The maximum Gasteiger partial charge on any atom is 0.256 e. The number of likely N-dealkylation sites (tertiary alicyclic amines) is 1. The molecule has 0 saturated carbocycles. The topological polar surface area (TPSA) is 49.4 Å². The monoisotopic (exact) mass is 384 g/mol. The van der Waals surface area contributed by atoms with Crippen molar-refractivity contribution < 1.29 is 14.0 Å². The van der Waals surface area contributed by atoms with E-state index in [2.05, 4.69) is 21.2 Å². The van der Waals surface area contributed by atoms with Crippen LogP contribution in [0.2, 0.25) is 0 Å². The lowest BCUT2D eigenvalue weighted by Crippen LogP contribution is -2.44. The molecule has 2 amide bonds. The molecule has 1 atom stereocenters. The Hall–Kier alpha value is -1.43. The molecule has 0 radical (unpaired) electrons. The molecule has 1 fully saturated rings. The van der Waals surface area contributed by atoms with Crippen LogP contribution in [0.1, 0.15) is 37.0 Å². The summed E-state index contributed by atoms with van der Waals surface area (Å²) in [6.45, 7) is 5.43. The van der Waals surface area contributed by atoms with E-state index in [1.807, 2.05) is 13.8 Å². The second kappa shape index (κ2) is 7.90. The average Bonchev–Trinajstić information content (AvgIpc) is 2.52. The first kappa shape index (κ1) is 17.9. The number of rotatable bonds is 4. The number of amides is 2. The van der Waals surface area contributed by atoms with Crippen molar-refractivity contribution in [2.45, 2.75) is 26.7 Å². The van der Waals surface area contributed by atoms with Crippen LogP contribution in [0.3, 0.4) is 0 Å². The fraction of sp³-hybridized carbons (Fsp3) is 0.529. The molecular weight excluding hydrogens is 363 g/mol. The second-order valence-electron chi connectivity index (χ2n) is 6.28. The molecule has 2 rings (SSSR count). The Morgan fingerprint density at radius 2 is 2.17 bits per heavy atom. The SMILES string of the molecule is CC(C)C(=O)NCC1CCCN(C(=O)c2ccc(Br)cc2F)C1. The van der Waals surface area contributed by atoms with Gasteiger partial charge in [-0.05, 0) is 37.0 Å². The highest BCUT2D eigenvalue weighted by Crippen LogP contribution is 2.21. The molecule has 0 aromatic heterocycles. The number of carbonyl (C=O) groups is 2. The second-order valence-corrected chi connectivity index (χ2v) is 7.20. The quantitative estimate of drug-likeness (QED) is 0.866. The van der Waals surface area contributed by atoms with Crippen LogP contribution in [0, 0.1) is 17.7 Å². The third-order valence-corrected chi connectivity index (χ3v) is 4.55. The molecule has 1 aromatic carbocycles. The standard InChI is InChI=1S/C17H22BrFN2O2/c1-11(2)16(22)20-9-12-4-3-7-21(10-12)17(23)14-6-5-13(18)8-15(14)19/h5-6,8,11-12H,3-4,7,9-10H2,1-2H3,(H,20,22). The number of piperidine rings is 1. The Morgan fingerprint density at radius 3 is 2.83 bits per heavy atom. The lowest BCUT2D eigenvalue weighted by molar-refractivity contribution is -0.124. The van der Waals surface area contributed by atoms with Crippen LogP contribution in [0.4, 0.5) is 4.39 Å². The molecule has 1 aliphatic rings. The molecule has 1 aromatic rings. The molecule has 4 nitrogen and oxygen atoms in total. The van der Waals surface area contributed by atoms with E-state index in [0.717, 1.165) is 12.8 Å². The fourth-order valence-corrected chi connectivity index (χ4v) is 3.03. The first-order chi connectivity index (χ1) is 10.9. The van der Waals surface area contributed by atoms with E-state index in [1.165, 1.54) is 12.1 Å². The van der Waals surface area contributed by atoms with Gasteiger partial charge in [-0.25, -0.2) is 4.39 Å². The predicted molar refractivity (Wildman–Crippen MR) is 90.6 cm³/mol. The van der Waals surface area contributed by atoms with Crippen LogP contribution < -0.4 is 5.32 Å². The zero-order valence-corrected chi connectivity index (χ0v) is 15.0. The van der Waals surface area contributed by atoms with E-state index in [0.29, 0.717) is 24.1 Å². The summed E-state index contributed by atoms with van der Waals surface area (Å²) >= 11 is 3.19. The smallest absolute Gasteiger partial charge is 0.256 e. The summed E-state index contributed by atoms with van der Waals surface area (Å²) in [4.78, 5) is 25.8. The van der Waals surface area contributed by atoms with Crippen LogP contribution in [-0.2, 0) is 4.79 Å². The molecule has 1 aliphatic heterocycles. The van der Waals surface area contributed by atoms with Gasteiger partial charge in [0.05, 0.1) is 5.56 Å². The molecule has 0 spiro atoms.